The summed E-state index contributed by atoms with van der Waals surface area (Å²) in [4.78, 5) is 22.9. The van der Waals surface area contributed by atoms with Crippen LogP contribution in [0.15, 0.2) is 22.7 Å². The third kappa shape index (κ3) is 4.06. The van der Waals surface area contributed by atoms with Gasteiger partial charge in [-0.1, -0.05) is 36.7 Å². The van der Waals surface area contributed by atoms with Gasteiger partial charge in [-0.15, -0.1) is 0 Å². The van der Waals surface area contributed by atoms with Crippen molar-refractivity contribution < 1.29 is 14.7 Å². The summed E-state index contributed by atoms with van der Waals surface area (Å²) < 4.78 is 0.953. The van der Waals surface area contributed by atoms with E-state index in [0.29, 0.717) is 0 Å². The minimum atomic E-state index is -0.964. The van der Waals surface area contributed by atoms with Crippen molar-refractivity contribution in [3.05, 3.63) is 28.2 Å². The van der Waals surface area contributed by atoms with Crippen LogP contribution in [0.2, 0.25) is 0 Å². The van der Waals surface area contributed by atoms with Crippen molar-refractivity contribution in [3.63, 3.8) is 0 Å². The van der Waals surface area contributed by atoms with Gasteiger partial charge in [-0.2, -0.15) is 0 Å². The molecule has 104 valence electrons. The lowest BCUT2D eigenvalue weighted by Crippen LogP contribution is -2.30. The minimum Gasteiger partial charge on any atom is -0.481 e. The highest BCUT2D eigenvalue weighted by molar-refractivity contribution is 9.10. The summed E-state index contributed by atoms with van der Waals surface area (Å²) in [5, 5.41) is 11.7. The van der Waals surface area contributed by atoms with Crippen LogP contribution < -0.4 is 5.32 Å². The molecule has 1 amide bonds. The molecule has 0 fully saturated rings. The Morgan fingerprint density at radius 2 is 1.95 bits per heavy atom. The summed E-state index contributed by atoms with van der Waals surface area (Å²) >= 11 is 3.38. The lowest BCUT2D eigenvalue weighted by atomic mass is 9.95. The number of aliphatic carboxylic acids is 1. The summed E-state index contributed by atoms with van der Waals surface area (Å²) in [7, 11) is 0. The second kappa shape index (κ2) is 6.70. The van der Waals surface area contributed by atoms with E-state index in [1.54, 1.807) is 6.92 Å². The van der Waals surface area contributed by atoms with Gasteiger partial charge in [-0.25, -0.2) is 0 Å². The molecule has 0 aromatic heterocycles. The van der Waals surface area contributed by atoms with Gasteiger partial charge in [-0.05, 0) is 30.2 Å². The second-order valence-corrected chi connectivity index (χ2v) is 5.48. The van der Waals surface area contributed by atoms with Crippen LogP contribution in [-0.4, -0.2) is 17.0 Å². The third-order valence-electron chi connectivity index (χ3n) is 3.26. The van der Waals surface area contributed by atoms with E-state index < -0.39 is 17.8 Å². The fraction of sp³-hybridized carbons (Fsp3) is 0.429. The van der Waals surface area contributed by atoms with E-state index in [9.17, 15) is 9.59 Å². The van der Waals surface area contributed by atoms with Crippen LogP contribution in [-0.2, 0) is 16.0 Å². The number of amides is 1. The minimum absolute atomic E-state index is 0.271. The molecule has 0 aliphatic carbocycles. The maximum Gasteiger partial charge on any atom is 0.307 e. The van der Waals surface area contributed by atoms with Crippen molar-refractivity contribution in [2.45, 2.75) is 27.2 Å². The molecule has 0 saturated heterocycles. The Balaban J connectivity index is 2.85. The molecule has 0 heterocycles. The number of anilines is 1. The van der Waals surface area contributed by atoms with Crippen LogP contribution in [0.4, 0.5) is 5.69 Å². The molecular formula is C14H18BrNO3. The van der Waals surface area contributed by atoms with Crippen LogP contribution in [0.1, 0.15) is 26.3 Å². The van der Waals surface area contributed by atoms with Gasteiger partial charge >= 0.3 is 5.97 Å². The van der Waals surface area contributed by atoms with Gasteiger partial charge in [0.25, 0.3) is 0 Å². The molecule has 0 radical (unpaired) electrons. The normalized spacial score (nSPS) is 13.7. The van der Waals surface area contributed by atoms with E-state index in [1.165, 1.54) is 6.92 Å². The van der Waals surface area contributed by atoms with E-state index in [4.69, 9.17) is 5.11 Å². The first-order chi connectivity index (χ1) is 8.86. The summed E-state index contributed by atoms with van der Waals surface area (Å²) in [6, 6.07) is 5.61. The first kappa shape index (κ1) is 15.7. The Bertz CT molecular complexity index is 488. The Kier molecular flexibility index (Phi) is 5.54. The number of benzene rings is 1. The monoisotopic (exact) mass is 327 g/mol. The van der Waals surface area contributed by atoms with Crippen LogP contribution in [0, 0.1) is 11.8 Å². The summed E-state index contributed by atoms with van der Waals surface area (Å²) in [6.45, 7) is 5.16. The molecule has 0 aliphatic rings. The fourth-order valence-corrected chi connectivity index (χ4v) is 2.07. The van der Waals surface area contributed by atoms with Gasteiger partial charge in [0.2, 0.25) is 5.91 Å². The molecule has 4 nitrogen and oxygen atoms in total. The number of carbonyl (C=O) groups is 2. The Hall–Kier alpha value is -1.36. The van der Waals surface area contributed by atoms with Gasteiger partial charge in [0.1, 0.15) is 0 Å². The topological polar surface area (TPSA) is 66.4 Å². The molecule has 0 bridgehead atoms. The molecule has 1 aromatic rings. The SMILES string of the molecule is CCc1cc(Br)ccc1NC(=O)C(C)C(C)C(=O)O. The number of hydrogen-bond donors (Lipinski definition) is 2. The van der Waals surface area contributed by atoms with Crippen LogP contribution in [0.3, 0.4) is 0 Å². The number of hydrogen-bond acceptors (Lipinski definition) is 2. The lowest BCUT2D eigenvalue weighted by Gasteiger charge is -2.17. The molecule has 2 atom stereocenters. The highest BCUT2D eigenvalue weighted by Gasteiger charge is 2.26. The first-order valence-electron chi connectivity index (χ1n) is 6.18. The Labute approximate surface area is 121 Å². The zero-order valence-electron chi connectivity index (χ0n) is 11.2. The van der Waals surface area contributed by atoms with Crippen LogP contribution in [0.5, 0.6) is 0 Å². The molecule has 0 spiro atoms. The molecular weight excluding hydrogens is 310 g/mol. The largest absolute Gasteiger partial charge is 0.481 e. The Morgan fingerprint density at radius 1 is 1.32 bits per heavy atom. The van der Waals surface area contributed by atoms with Crippen molar-refractivity contribution >= 4 is 33.5 Å². The molecule has 2 N–H and O–H groups in total. The highest BCUT2D eigenvalue weighted by atomic mass is 79.9. The Morgan fingerprint density at radius 3 is 2.47 bits per heavy atom. The maximum atomic E-state index is 12.0. The van der Waals surface area contributed by atoms with E-state index in [0.717, 1.165) is 22.1 Å². The van der Waals surface area contributed by atoms with E-state index in [-0.39, 0.29) is 5.91 Å². The predicted octanol–water partition coefficient (Wildman–Crippen LogP) is 3.31. The number of carboxylic acids is 1. The van der Waals surface area contributed by atoms with Crippen molar-refractivity contribution in [2.75, 3.05) is 5.32 Å². The summed E-state index contributed by atoms with van der Waals surface area (Å²) in [5.74, 6) is -2.52. The maximum absolute atomic E-state index is 12.0. The fourth-order valence-electron chi connectivity index (χ4n) is 1.66. The molecule has 0 saturated carbocycles. The number of nitrogens with one attached hydrogen (secondary N) is 1. The summed E-state index contributed by atoms with van der Waals surface area (Å²) in [5.41, 5.74) is 1.75. The molecule has 19 heavy (non-hydrogen) atoms. The van der Waals surface area contributed by atoms with E-state index in [1.807, 2.05) is 25.1 Å². The number of halogens is 1. The average molecular weight is 328 g/mol. The highest BCUT2D eigenvalue weighted by Crippen LogP contribution is 2.23. The van der Waals surface area contributed by atoms with Crippen molar-refractivity contribution in [1.29, 1.82) is 0 Å². The molecule has 1 aromatic carbocycles. The average Bonchev–Trinajstić information content (AvgIpc) is 2.38. The molecule has 5 heteroatoms. The van der Waals surface area contributed by atoms with Crippen LogP contribution in [0.25, 0.3) is 0 Å². The third-order valence-corrected chi connectivity index (χ3v) is 3.75. The van der Waals surface area contributed by atoms with Gasteiger partial charge in [0.05, 0.1) is 5.92 Å². The van der Waals surface area contributed by atoms with E-state index in [2.05, 4.69) is 21.2 Å². The van der Waals surface area contributed by atoms with Gasteiger partial charge < -0.3 is 10.4 Å². The molecule has 2 unspecified atom stereocenters. The van der Waals surface area contributed by atoms with Crippen molar-refractivity contribution in [1.82, 2.24) is 0 Å². The number of carboxylic acid groups (broad SMARTS) is 1. The molecule has 0 aliphatic heterocycles. The van der Waals surface area contributed by atoms with Gasteiger partial charge in [-0.3, -0.25) is 9.59 Å². The zero-order chi connectivity index (χ0) is 14.6. The predicted molar refractivity (Wildman–Crippen MR) is 78.1 cm³/mol. The summed E-state index contributed by atoms with van der Waals surface area (Å²) in [6.07, 6.45) is 0.790. The lowest BCUT2D eigenvalue weighted by molar-refractivity contribution is -0.145. The first-order valence-corrected chi connectivity index (χ1v) is 6.98. The van der Waals surface area contributed by atoms with Crippen LogP contribution >= 0.6 is 15.9 Å². The van der Waals surface area contributed by atoms with Crippen molar-refractivity contribution in [3.8, 4) is 0 Å². The molecule has 1 rings (SSSR count). The van der Waals surface area contributed by atoms with Crippen molar-refractivity contribution in [2.24, 2.45) is 11.8 Å². The van der Waals surface area contributed by atoms with E-state index >= 15 is 0 Å². The number of aryl methyl sites for hydroxylation is 1. The second-order valence-electron chi connectivity index (χ2n) is 4.56. The zero-order valence-corrected chi connectivity index (χ0v) is 12.8. The smallest absolute Gasteiger partial charge is 0.307 e. The quantitative estimate of drug-likeness (QED) is 0.871. The number of carbonyl (C=O) groups excluding carboxylic acids is 1. The standard InChI is InChI=1S/C14H18BrNO3/c1-4-10-7-11(15)5-6-12(10)16-13(17)8(2)9(3)14(18)19/h5-9H,4H2,1-3H3,(H,16,17)(H,18,19). The van der Waals surface area contributed by atoms with Gasteiger partial charge in [0.15, 0.2) is 0 Å². The number of rotatable bonds is 5. The van der Waals surface area contributed by atoms with Gasteiger partial charge in [0, 0.05) is 16.1 Å².